The number of oxazole rings is 1. The molecule has 0 aliphatic carbocycles. The van der Waals surface area contributed by atoms with Crippen LogP contribution in [0.15, 0.2) is 52.9 Å². The lowest BCUT2D eigenvalue weighted by Gasteiger charge is -2.34. The minimum atomic E-state index is 0.161. The Kier molecular flexibility index (Phi) is 6.75. The van der Waals surface area contributed by atoms with E-state index in [-0.39, 0.29) is 5.91 Å². The van der Waals surface area contributed by atoms with Crippen molar-refractivity contribution in [1.29, 1.82) is 0 Å². The van der Waals surface area contributed by atoms with Crippen LogP contribution in [0.1, 0.15) is 17.0 Å². The molecule has 1 aliphatic rings. The molecule has 1 saturated heterocycles. The molecule has 1 aromatic heterocycles. The van der Waals surface area contributed by atoms with E-state index in [1.165, 1.54) is 0 Å². The van der Waals surface area contributed by atoms with Gasteiger partial charge < -0.3 is 18.8 Å². The number of methoxy groups -OCH3 is 2. The van der Waals surface area contributed by atoms with Gasteiger partial charge in [-0.05, 0) is 48.9 Å². The second kappa shape index (κ2) is 9.87. The molecule has 3 aromatic rings. The second-order valence-corrected chi connectivity index (χ2v) is 7.93. The maximum absolute atomic E-state index is 12.7. The Bertz CT molecular complexity index is 1040. The normalized spacial score (nSPS) is 14.4. The van der Waals surface area contributed by atoms with Crippen molar-refractivity contribution in [2.45, 2.75) is 19.9 Å². The first-order chi connectivity index (χ1) is 15.6. The van der Waals surface area contributed by atoms with E-state index in [1.54, 1.807) is 14.2 Å². The predicted octanol–water partition coefficient (Wildman–Crippen LogP) is 3.55. The van der Waals surface area contributed by atoms with Crippen molar-refractivity contribution in [2.24, 2.45) is 0 Å². The maximum atomic E-state index is 12.7. The molecule has 2 heterocycles. The molecule has 4 rings (SSSR count). The van der Waals surface area contributed by atoms with Gasteiger partial charge in [0.2, 0.25) is 11.8 Å². The molecule has 0 bridgehead atoms. The van der Waals surface area contributed by atoms with Gasteiger partial charge in [0.05, 0.1) is 26.3 Å². The highest BCUT2D eigenvalue weighted by molar-refractivity contribution is 5.79. The van der Waals surface area contributed by atoms with Gasteiger partial charge in [0, 0.05) is 38.3 Å². The molecule has 32 heavy (non-hydrogen) atoms. The van der Waals surface area contributed by atoms with E-state index in [4.69, 9.17) is 18.9 Å². The number of carbonyl (C=O) groups is 1. The number of aryl methyl sites for hydroxylation is 1. The highest BCUT2D eigenvalue weighted by atomic mass is 16.5. The van der Waals surface area contributed by atoms with Crippen molar-refractivity contribution in [3.05, 3.63) is 65.5 Å². The number of nitrogens with zero attached hydrogens (tertiary/aromatic N) is 3. The molecule has 1 aliphatic heterocycles. The van der Waals surface area contributed by atoms with Gasteiger partial charge in [-0.1, -0.05) is 12.1 Å². The van der Waals surface area contributed by atoms with Crippen LogP contribution in [-0.2, 0) is 17.8 Å². The van der Waals surface area contributed by atoms with E-state index < -0.39 is 0 Å². The summed E-state index contributed by atoms with van der Waals surface area (Å²) in [5.41, 5.74) is 2.87. The average Bonchev–Trinajstić information content (AvgIpc) is 3.20. The smallest absolute Gasteiger partial charge is 0.227 e. The van der Waals surface area contributed by atoms with Gasteiger partial charge in [0.25, 0.3) is 0 Å². The fraction of sp³-hybridized carbons (Fsp3) is 0.360. The molecule has 0 saturated carbocycles. The Labute approximate surface area is 188 Å². The Morgan fingerprint density at radius 2 is 1.53 bits per heavy atom. The van der Waals surface area contributed by atoms with Crippen LogP contribution in [0.5, 0.6) is 11.5 Å². The van der Waals surface area contributed by atoms with E-state index in [0.29, 0.717) is 18.9 Å². The van der Waals surface area contributed by atoms with Gasteiger partial charge in [0.1, 0.15) is 17.3 Å². The van der Waals surface area contributed by atoms with Crippen LogP contribution in [0.2, 0.25) is 0 Å². The Balaban J connectivity index is 1.30. The van der Waals surface area contributed by atoms with Gasteiger partial charge in [-0.15, -0.1) is 0 Å². The lowest BCUT2D eigenvalue weighted by molar-refractivity contribution is -0.132. The van der Waals surface area contributed by atoms with Crippen LogP contribution >= 0.6 is 0 Å². The third-order valence-corrected chi connectivity index (χ3v) is 5.84. The molecule has 7 nitrogen and oxygen atoms in total. The number of piperazine rings is 1. The van der Waals surface area contributed by atoms with Crippen LogP contribution < -0.4 is 9.47 Å². The third-order valence-electron chi connectivity index (χ3n) is 5.84. The average molecular weight is 436 g/mol. The van der Waals surface area contributed by atoms with Gasteiger partial charge in [-0.25, -0.2) is 4.98 Å². The number of ether oxygens (including phenoxy) is 2. The molecule has 0 spiro atoms. The fourth-order valence-corrected chi connectivity index (χ4v) is 3.83. The van der Waals surface area contributed by atoms with E-state index in [9.17, 15) is 4.79 Å². The molecule has 1 fully saturated rings. The van der Waals surface area contributed by atoms with Crippen LogP contribution in [0.3, 0.4) is 0 Å². The minimum Gasteiger partial charge on any atom is -0.497 e. The summed E-state index contributed by atoms with van der Waals surface area (Å²) in [5.74, 6) is 3.21. The summed E-state index contributed by atoms with van der Waals surface area (Å²) >= 11 is 0. The molecular formula is C25H29N3O4. The molecule has 7 heteroatoms. The molecule has 2 aromatic carbocycles. The number of aromatic nitrogens is 1. The highest BCUT2D eigenvalue weighted by Crippen LogP contribution is 2.25. The SMILES string of the molecule is COc1ccc(CC(=O)N2CCN(Cc3nc(-c4ccc(OC)cc4)oc3C)CC2)cc1. The van der Waals surface area contributed by atoms with Gasteiger partial charge in [-0.3, -0.25) is 9.69 Å². The third kappa shape index (κ3) is 5.11. The standard InChI is InChI=1S/C25H29N3O4/c1-18-23(26-25(32-18)20-6-10-22(31-3)11-7-20)17-27-12-14-28(15-13-27)24(29)16-19-4-8-21(30-2)9-5-19/h4-11H,12-17H2,1-3H3. The second-order valence-electron chi connectivity index (χ2n) is 7.93. The molecule has 168 valence electrons. The highest BCUT2D eigenvalue weighted by Gasteiger charge is 2.23. The summed E-state index contributed by atoms with van der Waals surface area (Å²) in [6, 6.07) is 15.4. The fourth-order valence-electron chi connectivity index (χ4n) is 3.83. The largest absolute Gasteiger partial charge is 0.497 e. The Hall–Kier alpha value is -3.32. The summed E-state index contributed by atoms with van der Waals surface area (Å²) in [5, 5.41) is 0. The lowest BCUT2D eigenvalue weighted by Crippen LogP contribution is -2.48. The summed E-state index contributed by atoms with van der Waals surface area (Å²) in [6.45, 7) is 5.74. The summed E-state index contributed by atoms with van der Waals surface area (Å²) < 4.78 is 16.3. The number of benzene rings is 2. The number of hydrogen-bond donors (Lipinski definition) is 0. The van der Waals surface area contributed by atoms with E-state index in [2.05, 4.69) is 4.90 Å². The maximum Gasteiger partial charge on any atom is 0.227 e. The van der Waals surface area contributed by atoms with Gasteiger partial charge in [-0.2, -0.15) is 0 Å². The summed E-state index contributed by atoms with van der Waals surface area (Å²) in [4.78, 5) is 21.7. The quantitative estimate of drug-likeness (QED) is 0.565. The van der Waals surface area contributed by atoms with Crippen molar-refractivity contribution in [3.8, 4) is 23.0 Å². The van der Waals surface area contributed by atoms with Crippen LogP contribution in [0.25, 0.3) is 11.5 Å². The molecular weight excluding hydrogens is 406 g/mol. The van der Waals surface area contributed by atoms with Gasteiger partial charge >= 0.3 is 0 Å². The number of hydrogen-bond acceptors (Lipinski definition) is 6. The van der Waals surface area contributed by atoms with E-state index in [0.717, 1.165) is 60.3 Å². The van der Waals surface area contributed by atoms with Crippen molar-refractivity contribution in [3.63, 3.8) is 0 Å². The van der Waals surface area contributed by atoms with Crippen LogP contribution in [0, 0.1) is 6.92 Å². The lowest BCUT2D eigenvalue weighted by atomic mass is 10.1. The first-order valence-corrected chi connectivity index (χ1v) is 10.8. The van der Waals surface area contributed by atoms with E-state index >= 15 is 0 Å². The first-order valence-electron chi connectivity index (χ1n) is 10.8. The zero-order valence-electron chi connectivity index (χ0n) is 18.8. The Morgan fingerprint density at radius 3 is 2.12 bits per heavy atom. The molecule has 1 amide bonds. The molecule has 0 radical (unpaired) electrons. The number of carbonyl (C=O) groups excluding carboxylic acids is 1. The zero-order valence-corrected chi connectivity index (χ0v) is 18.8. The Morgan fingerprint density at radius 1 is 0.938 bits per heavy atom. The van der Waals surface area contributed by atoms with Gasteiger partial charge in [0.15, 0.2) is 0 Å². The van der Waals surface area contributed by atoms with Crippen molar-refractivity contribution >= 4 is 5.91 Å². The number of amides is 1. The predicted molar refractivity (Wildman–Crippen MR) is 122 cm³/mol. The van der Waals surface area contributed by atoms with Crippen LogP contribution in [-0.4, -0.2) is 61.1 Å². The first kappa shape index (κ1) is 21.9. The number of rotatable bonds is 7. The van der Waals surface area contributed by atoms with Crippen molar-refractivity contribution in [2.75, 3.05) is 40.4 Å². The zero-order chi connectivity index (χ0) is 22.5. The molecule has 0 N–H and O–H groups in total. The van der Waals surface area contributed by atoms with Crippen molar-refractivity contribution < 1.29 is 18.7 Å². The summed E-state index contributed by atoms with van der Waals surface area (Å²) in [7, 11) is 3.29. The minimum absolute atomic E-state index is 0.161. The van der Waals surface area contributed by atoms with E-state index in [1.807, 2.05) is 60.4 Å². The van der Waals surface area contributed by atoms with Crippen molar-refractivity contribution in [1.82, 2.24) is 14.8 Å². The molecule has 0 atom stereocenters. The molecule has 0 unspecified atom stereocenters. The van der Waals surface area contributed by atoms with Crippen LogP contribution in [0.4, 0.5) is 0 Å². The topological polar surface area (TPSA) is 68.0 Å². The monoisotopic (exact) mass is 435 g/mol. The summed E-state index contributed by atoms with van der Waals surface area (Å²) in [6.07, 6.45) is 0.414.